The molecule has 0 saturated carbocycles. The minimum absolute atomic E-state index is 0.0707. The molecule has 0 aromatic heterocycles. The van der Waals surface area contributed by atoms with E-state index in [1.54, 1.807) is 19.2 Å². The molecule has 130 valence electrons. The topological polar surface area (TPSA) is 78.9 Å². The smallest absolute Gasteiger partial charge is 0.326 e. The summed E-state index contributed by atoms with van der Waals surface area (Å²) in [6.45, 7) is 4.19. The molecule has 0 radical (unpaired) electrons. The number of ether oxygens (including phenoxy) is 1. The maximum Gasteiger partial charge on any atom is 0.326 e. The lowest BCUT2D eigenvalue weighted by Gasteiger charge is -2.33. The molecule has 6 heteroatoms. The first-order chi connectivity index (χ1) is 11.5. The van der Waals surface area contributed by atoms with Gasteiger partial charge < -0.3 is 20.1 Å². The number of methoxy groups -OCH3 is 1. The SMILES string of the molecule is COc1cc(C(=O)N2CC3(CCNCC3)C[C@H]2C(=O)O)ccc1C. The van der Waals surface area contributed by atoms with Gasteiger partial charge in [0.15, 0.2) is 0 Å². The minimum atomic E-state index is -0.919. The lowest BCUT2D eigenvalue weighted by atomic mass is 9.77. The second-order valence-electron chi connectivity index (χ2n) is 6.93. The number of carbonyl (C=O) groups excluding carboxylic acids is 1. The molecule has 2 aliphatic rings. The van der Waals surface area contributed by atoms with Crippen LogP contribution in [0.15, 0.2) is 18.2 Å². The Hall–Kier alpha value is -2.08. The highest BCUT2D eigenvalue weighted by atomic mass is 16.5. The minimum Gasteiger partial charge on any atom is -0.496 e. The van der Waals surface area contributed by atoms with Crippen LogP contribution in [0, 0.1) is 12.3 Å². The van der Waals surface area contributed by atoms with E-state index >= 15 is 0 Å². The Bertz CT molecular complexity index is 652. The third kappa shape index (κ3) is 2.98. The maximum atomic E-state index is 13.0. The number of amides is 1. The van der Waals surface area contributed by atoms with Crippen molar-refractivity contribution < 1.29 is 19.4 Å². The zero-order chi connectivity index (χ0) is 17.3. The van der Waals surface area contributed by atoms with Crippen LogP contribution in [0.4, 0.5) is 0 Å². The number of aryl methyl sites for hydroxylation is 1. The number of aliphatic carboxylic acids is 1. The van der Waals surface area contributed by atoms with E-state index in [0.29, 0.717) is 24.3 Å². The molecule has 1 aromatic carbocycles. The first kappa shape index (κ1) is 16.8. The molecule has 1 amide bonds. The van der Waals surface area contributed by atoms with Crippen LogP contribution in [-0.4, -0.2) is 54.7 Å². The highest BCUT2D eigenvalue weighted by Gasteiger charge is 2.49. The van der Waals surface area contributed by atoms with Crippen molar-refractivity contribution >= 4 is 11.9 Å². The zero-order valence-electron chi connectivity index (χ0n) is 14.2. The average Bonchev–Trinajstić information content (AvgIpc) is 2.94. The highest BCUT2D eigenvalue weighted by Crippen LogP contribution is 2.42. The third-order valence-electron chi connectivity index (χ3n) is 5.37. The molecule has 1 atom stereocenters. The summed E-state index contributed by atoms with van der Waals surface area (Å²) in [5, 5.41) is 12.9. The number of hydrogen-bond acceptors (Lipinski definition) is 4. The molecule has 2 aliphatic heterocycles. The number of likely N-dealkylation sites (tertiary alicyclic amines) is 1. The largest absolute Gasteiger partial charge is 0.496 e. The fourth-order valence-corrected chi connectivity index (χ4v) is 3.93. The monoisotopic (exact) mass is 332 g/mol. The molecule has 0 aliphatic carbocycles. The molecular formula is C18H24N2O4. The molecule has 1 aromatic rings. The van der Waals surface area contributed by atoms with E-state index < -0.39 is 12.0 Å². The Morgan fingerprint density at radius 3 is 2.67 bits per heavy atom. The van der Waals surface area contributed by atoms with Crippen LogP contribution in [0.5, 0.6) is 5.75 Å². The van der Waals surface area contributed by atoms with E-state index in [1.807, 2.05) is 13.0 Å². The second kappa shape index (κ2) is 6.43. The van der Waals surface area contributed by atoms with Crippen LogP contribution in [-0.2, 0) is 4.79 Å². The van der Waals surface area contributed by atoms with Crippen LogP contribution in [0.2, 0.25) is 0 Å². The number of hydrogen-bond donors (Lipinski definition) is 2. The Kier molecular flexibility index (Phi) is 4.49. The van der Waals surface area contributed by atoms with Crippen LogP contribution < -0.4 is 10.1 Å². The number of carboxylic acid groups (broad SMARTS) is 1. The second-order valence-corrected chi connectivity index (χ2v) is 6.93. The Morgan fingerprint density at radius 1 is 1.33 bits per heavy atom. The standard InChI is InChI=1S/C18H24N2O4/c1-12-3-4-13(9-15(12)24-2)16(21)20-11-18(5-7-19-8-6-18)10-14(20)17(22)23/h3-4,9,14,19H,5-8,10-11H2,1-2H3,(H,22,23)/t14-/m0/s1. The highest BCUT2D eigenvalue weighted by molar-refractivity contribution is 5.97. The fourth-order valence-electron chi connectivity index (χ4n) is 3.93. The van der Waals surface area contributed by atoms with E-state index in [4.69, 9.17) is 4.74 Å². The summed E-state index contributed by atoms with van der Waals surface area (Å²) in [7, 11) is 1.57. The molecule has 2 saturated heterocycles. The molecule has 2 heterocycles. The summed E-state index contributed by atoms with van der Waals surface area (Å²) < 4.78 is 5.29. The lowest BCUT2D eigenvalue weighted by Crippen LogP contribution is -2.42. The van der Waals surface area contributed by atoms with Gasteiger partial charge in [0.05, 0.1) is 7.11 Å². The van der Waals surface area contributed by atoms with E-state index in [9.17, 15) is 14.7 Å². The summed E-state index contributed by atoms with van der Waals surface area (Å²) in [5.74, 6) is -0.502. The molecule has 0 bridgehead atoms. The molecule has 0 unspecified atom stereocenters. The van der Waals surface area contributed by atoms with Crippen molar-refractivity contribution in [2.45, 2.75) is 32.2 Å². The fraction of sp³-hybridized carbons (Fsp3) is 0.556. The van der Waals surface area contributed by atoms with Crippen LogP contribution >= 0.6 is 0 Å². The summed E-state index contributed by atoms with van der Waals surface area (Å²) >= 11 is 0. The van der Waals surface area contributed by atoms with Gasteiger partial charge in [-0.2, -0.15) is 0 Å². The van der Waals surface area contributed by atoms with Gasteiger partial charge in [-0.15, -0.1) is 0 Å². The Morgan fingerprint density at radius 2 is 2.04 bits per heavy atom. The molecule has 1 spiro atoms. The van der Waals surface area contributed by atoms with Crippen molar-refractivity contribution in [1.82, 2.24) is 10.2 Å². The Labute approximate surface area is 141 Å². The first-order valence-electron chi connectivity index (χ1n) is 8.35. The number of rotatable bonds is 3. The molecule has 3 rings (SSSR count). The van der Waals surface area contributed by atoms with Gasteiger partial charge in [-0.1, -0.05) is 6.07 Å². The van der Waals surface area contributed by atoms with Gasteiger partial charge in [-0.05, 0) is 62.4 Å². The summed E-state index contributed by atoms with van der Waals surface area (Å²) in [5.41, 5.74) is 1.36. The van der Waals surface area contributed by atoms with Gasteiger partial charge >= 0.3 is 5.97 Å². The van der Waals surface area contributed by atoms with Crippen molar-refractivity contribution in [2.75, 3.05) is 26.7 Å². The summed E-state index contributed by atoms with van der Waals surface area (Å²) in [4.78, 5) is 26.2. The average molecular weight is 332 g/mol. The number of nitrogens with one attached hydrogen (secondary N) is 1. The van der Waals surface area contributed by atoms with Gasteiger partial charge in [-0.25, -0.2) is 4.79 Å². The normalized spacial score (nSPS) is 22.6. The van der Waals surface area contributed by atoms with Gasteiger partial charge in [0.25, 0.3) is 5.91 Å². The van der Waals surface area contributed by atoms with E-state index in [2.05, 4.69) is 5.32 Å². The van der Waals surface area contributed by atoms with E-state index in [0.717, 1.165) is 31.5 Å². The maximum absolute atomic E-state index is 13.0. The number of carboxylic acids is 1. The summed E-state index contributed by atoms with van der Waals surface area (Å²) in [6.07, 6.45) is 2.37. The van der Waals surface area contributed by atoms with E-state index in [-0.39, 0.29) is 11.3 Å². The first-order valence-corrected chi connectivity index (χ1v) is 8.35. The van der Waals surface area contributed by atoms with E-state index in [1.165, 1.54) is 4.90 Å². The summed E-state index contributed by atoms with van der Waals surface area (Å²) in [6, 6.07) is 4.53. The zero-order valence-corrected chi connectivity index (χ0v) is 14.2. The predicted octanol–water partition coefficient (Wildman–Crippen LogP) is 1.67. The van der Waals surface area contributed by atoms with Crippen molar-refractivity contribution in [3.63, 3.8) is 0 Å². The number of carbonyl (C=O) groups is 2. The van der Waals surface area contributed by atoms with Gasteiger partial charge in [0.2, 0.25) is 0 Å². The van der Waals surface area contributed by atoms with Crippen molar-refractivity contribution in [1.29, 1.82) is 0 Å². The number of piperidine rings is 1. The molecule has 2 N–H and O–H groups in total. The third-order valence-corrected chi connectivity index (χ3v) is 5.37. The van der Waals surface area contributed by atoms with Crippen LogP contribution in [0.3, 0.4) is 0 Å². The number of benzene rings is 1. The van der Waals surface area contributed by atoms with Gasteiger partial charge in [0.1, 0.15) is 11.8 Å². The Balaban J connectivity index is 1.88. The predicted molar refractivity (Wildman–Crippen MR) is 89.3 cm³/mol. The van der Waals surface area contributed by atoms with Crippen molar-refractivity contribution in [2.24, 2.45) is 5.41 Å². The van der Waals surface area contributed by atoms with Gasteiger partial charge in [-0.3, -0.25) is 4.79 Å². The molecular weight excluding hydrogens is 308 g/mol. The molecule has 24 heavy (non-hydrogen) atoms. The number of nitrogens with zero attached hydrogens (tertiary/aromatic N) is 1. The molecule has 2 fully saturated rings. The van der Waals surface area contributed by atoms with Crippen LogP contribution in [0.25, 0.3) is 0 Å². The van der Waals surface area contributed by atoms with Crippen molar-refractivity contribution in [3.8, 4) is 5.75 Å². The molecule has 6 nitrogen and oxygen atoms in total. The van der Waals surface area contributed by atoms with Crippen molar-refractivity contribution in [3.05, 3.63) is 29.3 Å². The van der Waals surface area contributed by atoms with Gasteiger partial charge in [0, 0.05) is 12.1 Å². The van der Waals surface area contributed by atoms with Crippen LogP contribution in [0.1, 0.15) is 35.2 Å². The lowest BCUT2D eigenvalue weighted by molar-refractivity contribution is -0.141. The quantitative estimate of drug-likeness (QED) is 0.880.